The van der Waals surface area contributed by atoms with Gasteiger partial charge in [0.05, 0.1) is 23.0 Å². The summed E-state index contributed by atoms with van der Waals surface area (Å²) in [6.07, 6.45) is 2.77. The van der Waals surface area contributed by atoms with Gasteiger partial charge in [-0.1, -0.05) is 0 Å². The number of carbonyl (C=O) groups is 1. The molecule has 0 aliphatic heterocycles. The second-order valence-corrected chi connectivity index (χ2v) is 3.01. The highest BCUT2D eigenvalue weighted by atomic mass is 16.4. The van der Waals surface area contributed by atoms with E-state index < -0.39 is 5.97 Å². The van der Waals surface area contributed by atoms with Crippen molar-refractivity contribution >= 4 is 5.97 Å². The Morgan fingerprint density at radius 1 is 1.44 bits per heavy atom. The van der Waals surface area contributed by atoms with Crippen molar-refractivity contribution in [3.05, 3.63) is 35.8 Å². The average molecular weight is 214 g/mol. The fraction of sp³-hybridized carbons (Fsp3) is 0. The minimum atomic E-state index is -1.10. The molecule has 0 aliphatic carbocycles. The standard InChI is InChI=1S/C10H6N4O2/c11-3-6-1-2-8(12-4-6)7-5-13-14-9(7)10(15)16/h1-2,4-5H,(H,13,14)(H,15,16). The third-order valence-electron chi connectivity index (χ3n) is 2.02. The van der Waals surface area contributed by atoms with Crippen LogP contribution in [-0.2, 0) is 0 Å². The van der Waals surface area contributed by atoms with Crippen LogP contribution in [-0.4, -0.2) is 26.3 Å². The predicted molar refractivity (Wildman–Crippen MR) is 53.5 cm³/mol. The molecule has 2 aromatic heterocycles. The summed E-state index contributed by atoms with van der Waals surface area (Å²) in [5.41, 5.74) is 1.27. The molecule has 0 saturated carbocycles. The molecule has 2 heterocycles. The van der Waals surface area contributed by atoms with E-state index in [9.17, 15) is 4.79 Å². The van der Waals surface area contributed by atoms with E-state index in [-0.39, 0.29) is 5.69 Å². The summed E-state index contributed by atoms with van der Waals surface area (Å²) < 4.78 is 0. The molecule has 78 valence electrons. The Morgan fingerprint density at radius 3 is 2.81 bits per heavy atom. The number of aromatic nitrogens is 3. The Morgan fingerprint density at radius 2 is 2.25 bits per heavy atom. The maximum Gasteiger partial charge on any atom is 0.354 e. The lowest BCUT2D eigenvalue weighted by Crippen LogP contribution is -1.99. The van der Waals surface area contributed by atoms with Crippen molar-refractivity contribution in [2.45, 2.75) is 0 Å². The van der Waals surface area contributed by atoms with Crippen LogP contribution >= 0.6 is 0 Å². The van der Waals surface area contributed by atoms with Crippen LogP contribution in [0.25, 0.3) is 11.3 Å². The van der Waals surface area contributed by atoms with Crippen molar-refractivity contribution in [1.29, 1.82) is 5.26 Å². The molecule has 0 bridgehead atoms. The van der Waals surface area contributed by atoms with Gasteiger partial charge in [0.25, 0.3) is 0 Å². The maximum absolute atomic E-state index is 10.8. The quantitative estimate of drug-likeness (QED) is 0.777. The van der Waals surface area contributed by atoms with Gasteiger partial charge >= 0.3 is 5.97 Å². The molecule has 6 heteroatoms. The van der Waals surface area contributed by atoms with Crippen molar-refractivity contribution in [2.75, 3.05) is 0 Å². The first kappa shape index (κ1) is 9.86. The van der Waals surface area contributed by atoms with Gasteiger partial charge in [0.2, 0.25) is 0 Å². The molecular weight excluding hydrogens is 208 g/mol. The highest BCUT2D eigenvalue weighted by molar-refractivity contribution is 5.93. The number of nitriles is 1. The second-order valence-electron chi connectivity index (χ2n) is 3.01. The summed E-state index contributed by atoms with van der Waals surface area (Å²) in [5.74, 6) is -1.10. The first-order valence-corrected chi connectivity index (χ1v) is 4.35. The molecule has 0 saturated heterocycles. The fourth-order valence-corrected chi connectivity index (χ4v) is 1.26. The van der Waals surface area contributed by atoms with Crippen molar-refractivity contribution in [3.8, 4) is 17.3 Å². The molecule has 0 aliphatic rings. The van der Waals surface area contributed by atoms with Crippen molar-refractivity contribution in [1.82, 2.24) is 15.2 Å². The second kappa shape index (κ2) is 3.82. The van der Waals surface area contributed by atoms with Crippen LogP contribution in [0.5, 0.6) is 0 Å². The van der Waals surface area contributed by atoms with E-state index >= 15 is 0 Å². The molecule has 2 N–H and O–H groups in total. The number of pyridine rings is 1. The molecule has 2 aromatic rings. The van der Waals surface area contributed by atoms with Crippen LogP contribution in [0.15, 0.2) is 24.5 Å². The number of carboxylic acid groups (broad SMARTS) is 1. The number of carboxylic acids is 1. The van der Waals surface area contributed by atoms with Crippen LogP contribution in [0.3, 0.4) is 0 Å². The first-order valence-electron chi connectivity index (χ1n) is 4.35. The lowest BCUT2D eigenvalue weighted by molar-refractivity contribution is 0.0691. The number of nitrogens with zero attached hydrogens (tertiary/aromatic N) is 3. The Balaban J connectivity index is 2.47. The molecule has 0 spiro atoms. The summed E-state index contributed by atoms with van der Waals surface area (Å²) in [5, 5.41) is 23.5. The Kier molecular flexibility index (Phi) is 2.36. The largest absolute Gasteiger partial charge is 0.477 e. The minimum absolute atomic E-state index is 0.0165. The van der Waals surface area contributed by atoms with E-state index in [1.807, 2.05) is 6.07 Å². The van der Waals surface area contributed by atoms with Crippen LogP contribution < -0.4 is 0 Å². The Bertz CT molecular complexity index is 565. The van der Waals surface area contributed by atoms with Crippen molar-refractivity contribution in [3.63, 3.8) is 0 Å². The van der Waals surface area contributed by atoms with Gasteiger partial charge in [-0.15, -0.1) is 0 Å². The number of rotatable bonds is 2. The number of H-pyrrole nitrogens is 1. The zero-order chi connectivity index (χ0) is 11.5. The topological polar surface area (TPSA) is 103 Å². The van der Waals surface area contributed by atoms with Crippen LogP contribution in [0, 0.1) is 11.3 Å². The van der Waals surface area contributed by atoms with Gasteiger partial charge < -0.3 is 5.11 Å². The lowest BCUT2D eigenvalue weighted by Gasteiger charge is -1.98. The molecule has 0 radical (unpaired) electrons. The number of hydrogen-bond donors (Lipinski definition) is 2. The molecule has 16 heavy (non-hydrogen) atoms. The molecule has 0 fully saturated rings. The highest BCUT2D eigenvalue weighted by Gasteiger charge is 2.14. The van der Waals surface area contributed by atoms with E-state index in [0.29, 0.717) is 16.8 Å². The number of aromatic amines is 1. The van der Waals surface area contributed by atoms with Crippen LogP contribution in [0.2, 0.25) is 0 Å². The van der Waals surface area contributed by atoms with Gasteiger partial charge in [-0.3, -0.25) is 10.1 Å². The lowest BCUT2D eigenvalue weighted by atomic mass is 10.1. The predicted octanol–water partition coefficient (Wildman–Crippen LogP) is 1.04. The van der Waals surface area contributed by atoms with Crippen molar-refractivity contribution < 1.29 is 9.90 Å². The van der Waals surface area contributed by atoms with Crippen LogP contribution in [0.4, 0.5) is 0 Å². The maximum atomic E-state index is 10.8. The zero-order valence-electron chi connectivity index (χ0n) is 8.01. The minimum Gasteiger partial charge on any atom is -0.477 e. The van der Waals surface area contributed by atoms with Crippen molar-refractivity contribution in [2.24, 2.45) is 0 Å². The molecule has 0 aromatic carbocycles. The van der Waals surface area contributed by atoms with E-state index in [0.717, 1.165) is 0 Å². The highest BCUT2D eigenvalue weighted by Crippen LogP contribution is 2.19. The number of aromatic carboxylic acids is 1. The summed E-state index contributed by atoms with van der Waals surface area (Å²) >= 11 is 0. The van der Waals surface area contributed by atoms with E-state index in [1.165, 1.54) is 12.4 Å². The van der Waals surface area contributed by atoms with E-state index in [4.69, 9.17) is 10.4 Å². The normalized spacial score (nSPS) is 9.69. The zero-order valence-corrected chi connectivity index (χ0v) is 8.01. The van der Waals surface area contributed by atoms with Gasteiger partial charge in [0, 0.05) is 6.20 Å². The SMILES string of the molecule is N#Cc1ccc(-c2cn[nH]c2C(=O)O)nc1. The van der Waals surface area contributed by atoms with Gasteiger partial charge in [-0.2, -0.15) is 10.4 Å². The summed E-state index contributed by atoms with van der Waals surface area (Å²) in [4.78, 5) is 14.8. The first-order chi connectivity index (χ1) is 7.72. The summed E-state index contributed by atoms with van der Waals surface area (Å²) in [6.45, 7) is 0. The molecule has 0 amide bonds. The summed E-state index contributed by atoms with van der Waals surface area (Å²) in [6, 6.07) is 5.08. The monoisotopic (exact) mass is 214 g/mol. The molecule has 2 rings (SSSR count). The van der Waals surface area contributed by atoms with Gasteiger partial charge in [0.1, 0.15) is 6.07 Å². The fourth-order valence-electron chi connectivity index (χ4n) is 1.26. The third-order valence-corrected chi connectivity index (χ3v) is 2.02. The number of nitrogens with one attached hydrogen (secondary N) is 1. The molecule has 6 nitrogen and oxygen atoms in total. The smallest absolute Gasteiger partial charge is 0.354 e. The van der Waals surface area contributed by atoms with Gasteiger partial charge in [-0.25, -0.2) is 4.79 Å². The van der Waals surface area contributed by atoms with Gasteiger partial charge in [-0.05, 0) is 12.1 Å². The molecular formula is C10H6N4O2. The van der Waals surface area contributed by atoms with E-state index in [1.54, 1.807) is 12.1 Å². The Labute approximate surface area is 90.2 Å². The summed E-state index contributed by atoms with van der Waals surface area (Å²) in [7, 11) is 0. The molecule has 0 atom stereocenters. The van der Waals surface area contributed by atoms with Gasteiger partial charge in [0.15, 0.2) is 5.69 Å². The average Bonchev–Trinajstić information content (AvgIpc) is 2.78. The Hall–Kier alpha value is -2.68. The number of hydrogen-bond acceptors (Lipinski definition) is 4. The van der Waals surface area contributed by atoms with Crippen LogP contribution in [0.1, 0.15) is 16.1 Å². The molecule has 0 unspecified atom stereocenters. The third kappa shape index (κ3) is 1.62. The van der Waals surface area contributed by atoms with E-state index in [2.05, 4.69) is 15.2 Å².